The lowest BCUT2D eigenvalue weighted by Crippen LogP contribution is -2.23. The molecule has 31 heavy (non-hydrogen) atoms. The smallest absolute Gasteiger partial charge is 0.230 e. The number of pyridine rings is 1. The summed E-state index contributed by atoms with van der Waals surface area (Å²) < 4.78 is 16.2. The van der Waals surface area contributed by atoms with Crippen LogP contribution in [0, 0.1) is 5.92 Å². The van der Waals surface area contributed by atoms with E-state index in [0.717, 1.165) is 17.9 Å². The highest BCUT2D eigenvalue weighted by Crippen LogP contribution is 2.40. The molecule has 2 heterocycles. The normalized spacial score (nSPS) is 10.7. The van der Waals surface area contributed by atoms with Gasteiger partial charge in [0, 0.05) is 43.2 Å². The zero-order chi connectivity index (χ0) is 22.4. The van der Waals surface area contributed by atoms with Gasteiger partial charge in [0.1, 0.15) is 12.1 Å². The molecule has 3 aromatic rings. The van der Waals surface area contributed by atoms with E-state index >= 15 is 0 Å². The fourth-order valence-corrected chi connectivity index (χ4v) is 3.19. The number of methoxy groups -OCH3 is 3. The topological polar surface area (TPSA) is 94.5 Å². The number of nitrogens with one attached hydrogen (secondary N) is 1. The molecule has 3 rings (SSSR count). The van der Waals surface area contributed by atoms with Crippen LogP contribution < -0.4 is 24.4 Å². The maximum absolute atomic E-state index is 5.40. The molecular weight excluding hydrogens is 396 g/mol. The van der Waals surface area contributed by atoms with Gasteiger partial charge < -0.3 is 24.4 Å². The van der Waals surface area contributed by atoms with Crippen LogP contribution in [0.4, 0.5) is 17.5 Å². The van der Waals surface area contributed by atoms with Crippen LogP contribution in [0.1, 0.15) is 13.8 Å². The highest BCUT2D eigenvalue weighted by molar-refractivity contribution is 5.67. The molecule has 0 fully saturated rings. The predicted octanol–water partition coefficient (Wildman–Crippen LogP) is 3.80. The second-order valence-electron chi connectivity index (χ2n) is 7.35. The number of benzene rings is 1. The minimum atomic E-state index is 0.396. The van der Waals surface area contributed by atoms with Crippen molar-refractivity contribution < 1.29 is 14.2 Å². The molecular formula is C22H28N6O3. The Balaban J connectivity index is 1.88. The van der Waals surface area contributed by atoms with Crippen LogP contribution in [-0.4, -0.2) is 54.9 Å². The number of hydrogen-bond acceptors (Lipinski definition) is 9. The van der Waals surface area contributed by atoms with Crippen LogP contribution in [0.3, 0.4) is 0 Å². The van der Waals surface area contributed by atoms with E-state index in [0.29, 0.717) is 40.6 Å². The van der Waals surface area contributed by atoms with E-state index in [1.54, 1.807) is 39.7 Å². The molecule has 9 nitrogen and oxygen atoms in total. The Morgan fingerprint density at radius 2 is 1.68 bits per heavy atom. The quantitative estimate of drug-likeness (QED) is 0.550. The summed E-state index contributed by atoms with van der Waals surface area (Å²) in [6.07, 6.45) is 3.23. The van der Waals surface area contributed by atoms with Crippen LogP contribution in [-0.2, 0) is 0 Å². The van der Waals surface area contributed by atoms with Gasteiger partial charge in [0.05, 0.1) is 21.3 Å². The average Bonchev–Trinajstić information content (AvgIpc) is 2.78. The van der Waals surface area contributed by atoms with E-state index in [1.807, 2.05) is 19.2 Å². The Labute approximate surface area is 182 Å². The fraction of sp³-hybridized carbons (Fsp3) is 0.364. The summed E-state index contributed by atoms with van der Waals surface area (Å²) in [6.45, 7) is 5.25. The van der Waals surface area contributed by atoms with E-state index in [-0.39, 0.29) is 0 Å². The molecule has 0 aliphatic heterocycles. The lowest BCUT2D eigenvalue weighted by Gasteiger charge is -2.20. The molecule has 2 aromatic heterocycles. The molecule has 0 bridgehead atoms. The Hall–Kier alpha value is -3.62. The molecule has 0 spiro atoms. The molecule has 0 saturated carbocycles. The first-order valence-corrected chi connectivity index (χ1v) is 9.88. The van der Waals surface area contributed by atoms with Gasteiger partial charge in [-0.25, -0.2) is 15.0 Å². The zero-order valence-electron chi connectivity index (χ0n) is 18.7. The molecule has 0 aliphatic carbocycles. The van der Waals surface area contributed by atoms with Crippen molar-refractivity contribution in [2.24, 2.45) is 5.92 Å². The van der Waals surface area contributed by atoms with Gasteiger partial charge in [-0.3, -0.25) is 0 Å². The van der Waals surface area contributed by atoms with E-state index in [2.05, 4.69) is 44.0 Å². The number of ether oxygens (including phenoxy) is 3. The van der Waals surface area contributed by atoms with Crippen LogP contribution in [0.25, 0.3) is 11.4 Å². The second-order valence-corrected chi connectivity index (χ2v) is 7.35. The van der Waals surface area contributed by atoms with Crippen molar-refractivity contribution in [3.05, 3.63) is 36.8 Å². The fourth-order valence-electron chi connectivity index (χ4n) is 3.19. The summed E-state index contributed by atoms with van der Waals surface area (Å²) in [5.74, 6) is 3.92. The van der Waals surface area contributed by atoms with E-state index in [9.17, 15) is 0 Å². The van der Waals surface area contributed by atoms with Gasteiger partial charge in [-0.15, -0.1) is 0 Å². The number of anilines is 3. The monoisotopic (exact) mass is 424 g/mol. The summed E-state index contributed by atoms with van der Waals surface area (Å²) in [7, 11) is 6.73. The number of rotatable bonds is 9. The lowest BCUT2D eigenvalue weighted by molar-refractivity contribution is 0.324. The summed E-state index contributed by atoms with van der Waals surface area (Å²) in [6, 6.07) is 7.43. The van der Waals surface area contributed by atoms with Crippen molar-refractivity contribution >= 4 is 17.5 Å². The predicted molar refractivity (Wildman–Crippen MR) is 121 cm³/mol. The van der Waals surface area contributed by atoms with Gasteiger partial charge in [-0.2, -0.15) is 4.98 Å². The van der Waals surface area contributed by atoms with Crippen molar-refractivity contribution in [1.82, 2.24) is 19.9 Å². The first-order valence-electron chi connectivity index (χ1n) is 9.88. The minimum Gasteiger partial charge on any atom is -0.493 e. The van der Waals surface area contributed by atoms with Crippen LogP contribution >= 0.6 is 0 Å². The molecule has 0 radical (unpaired) electrons. The molecule has 1 aromatic carbocycles. The first-order chi connectivity index (χ1) is 14.9. The third kappa shape index (κ3) is 5.30. The van der Waals surface area contributed by atoms with Crippen LogP contribution in [0.15, 0.2) is 36.8 Å². The molecule has 0 amide bonds. The lowest BCUT2D eigenvalue weighted by atomic mass is 10.2. The highest BCUT2D eigenvalue weighted by atomic mass is 16.5. The maximum Gasteiger partial charge on any atom is 0.230 e. The summed E-state index contributed by atoms with van der Waals surface area (Å²) in [5.41, 5.74) is 1.55. The van der Waals surface area contributed by atoms with Gasteiger partial charge >= 0.3 is 0 Å². The van der Waals surface area contributed by atoms with E-state index in [4.69, 9.17) is 14.2 Å². The highest BCUT2D eigenvalue weighted by Gasteiger charge is 2.14. The number of hydrogen-bond donors (Lipinski definition) is 1. The summed E-state index contributed by atoms with van der Waals surface area (Å²) >= 11 is 0. The number of aromatic nitrogens is 4. The van der Waals surface area contributed by atoms with Gasteiger partial charge in [0.2, 0.25) is 11.7 Å². The first kappa shape index (κ1) is 22.1. The van der Waals surface area contributed by atoms with Crippen molar-refractivity contribution in [2.45, 2.75) is 13.8 Å². The van der Waals surface area contributed by atoms with E-state index < -0.39 is 0 Å². The van der Waals surface area contributed by atoms with Crippen molar-refractivity contribution in [1.29, 1.82) is 0 Å². The molecule has 0 unspecified atom stereocenters. The maximum atomic E-state index is 5.40. The Kier molecular flexibility index (Phi) is 7.07. The Morgan fingerprint density at radius 3 is 2.29 bits per heavy atom. The molecule has 0 atom stereocenters. The van der Waals surface area contributed by atoms with Crippen LogP contribution in [0.5, 0.6) is 17.2 Å². The van der Waals surface area contributed by atoms with Crippen LogP contribution in [0.2, 0.25) is 0 Å². The van der Waals surface area contributed by atoms with Gasteiger partial charge in [-0.05, 0) is 18.1 Å². The van der Waals surface area contributed by atoms with Crippen molar-refractivity contribution in [3.63, 3.8) is 0 Å². The van der Waals surface area contributed by atoms with Gasteiger partial charge in [0.25, 0.3) is 0 Å². The third-order valence-electron chi connectivity index (χ3n) is 4.53. The molecule has 9 heteroatoms. The number of nitrogens with zero attached hydrogens (tertiary/aromatic N) is 5. The molecule has 0 aliphatic rings. The molecule has 164 valence electrons. The molecule has 0 saturated heterocycles. The zero-order valence-corrected chi connectivity index (χ0v) is 18.7. The van der Waals surface area contributed by atoms with E-state index in [1.165, 1.54) is 6.33 Å². The molecule has 1 N–H and O–H groups in total. The standard InChI is InChI=1S/C22H28N6O3/c1-14(2)12-28(3)19-9-15(7-8-23-19)21-24-13-25-22(27-21)26-16-10-17(29-4)20(31-6)18(11-16)30-5/h7-11,13-14H,12H2,1-6H3,(H,24,25,26,27). The summed E-state index contributed by atoms with van der Waals surface area (Å²) in [4.78, 5) is 19.7. The SMILES string of the molecule is COc1cc(Nc2ncnc(-c3ccnc(N(C)CC(C)C)c3)n2)cc(OC)c1OC. The Bertz CT molecular complexity index is 1000. The third-order valence-corrected chi connectivity index (χ3v) is 4.53. The van der Waals surface area contributed by atoms with Crippen molar-refractivity contribution in [2.75, 3.05) is 45.1 Å². The average molecular weight is 425 g/mol. The van der Waals surface area contributed by atoms with Gasteiger partial charge in [0.15, 0.2) is 17.3 Å². The summed E-state index contributed by atoms with van der Waals surface area (Å²) in [5, 5.41) is 3.17. The second kappa shape index (κ2) is 9.92. The Morgan fingerprint density at radius 1 is 0.968 bits per heavy atom. The minimum absolute atomic E-state index is 0.396. The largest absolute Gasteiger partial charge is 0.493 e. The van der Waals surface area contributed by atoms with Gasteiger partial charge in [-0.1, -0.05) is 13.8 Å². The van der Waals surface area contributed by atoms with Crippen molar-refractivity contribution in [3.8, 4) is 28.6 Å².